The van der Waals surface area contributed by atoms with Gasteiger partial charge in [0, 0.05) is 25.3 Å². The van der Waals surface area contributed by atoms with Gasteiger partial charge in [-0.15, -0.1) is 0 Å². The van der Waals surface area contributed by atoms with Gasteiger partial charge in [-0.05, 0) is 61.3 Å². The van der Waals surface area contributed by atoms with Crippen molar-refractivity contribution in [3.63, 3.8) is 0 Å². The molecule has 0 saturated heterocycles. The van der Waals surface area contributed by atoms with Gasteiger partial charge in [0.05, 0.1) is 6.61 Å². The summed E-state index contributed by atoms with van der Waals surface area (Å²) in [6, 6.07) is 0. The predicted octanol–water partition coefficient (Wildman–Crippen LogP) is 4.68. The van der Waals surface area contributed by atoms with Crippen molar-refractivity contribution in [1.29, 1.82) is 0 Å². The zero-order chi connectivity index (χ0) is 22.5. The second kappa shape index (κ2) is 9.80. The largest absolute Gasteiger partial charge is 0.478 e. The normalized spacial score (nSPS) is 31.6. The third kappa shape index (κ3) is 5.73. The standard InChI is InChI=1S/C24H36O6/c1-16-7-10-21-23(4,15-30-18(3)26)11-6-12-24(21,5)20(16)9-8-19(13-22(27)28)14-29-17(2)25/h13,20-21H,1,6-12,14-15H2,2-5H3,(H,27,28)/b19-13+/t20-,21-,23+,24+/m1/s1. The van der Waals surface area contributed by atoms with Crippen LogP contribution < -0.4 is 0 Å². The summed E-state index contributed by atoms with van der Waals surface area (Å²) >= 11 is 0. The number of carbonyl (C=O) groups is 3. The summed E-state index contributed by atoms with van der Waals surface area (Å²) in [7, 11) is 0. The lowest BCUT2D eigenvalue weighted by molar-refractivity contribution is -0.152. The topological polar surface area (TPSA) is 89.9 Å². The summed E-state index contributed by atoms with van der Waals surface area (Å²) in [6.07, 6.45) is 7.63. The predicted molar refractivity (Wildman–Crippen MR) is 114 cm³/mol. The number of ether oxygens (including phenoxy) is 2. The van der Waals surface area contributed by atoms with E-state index in [1.165, 1.54) is 19.4 Å². The van der Waals surface area contributed by atoms with E-state index < -0.39 is 11.9 Å². The summed E-state index contributed by atoms with van der Waals surface area (Å²) in [5.41, 5.74) is 1.79. The van der Waals surface area contributed by atoms with Gasteiger partial charge in [0.1, 0.15) is 6.61 Å². The Morgan fingerprint density at radius 1 is 1.17 bits per heavy atom. The first-order valence-corrected chi connectivity index (χ1v) is 10.8. The van der Waals surface area contributed by atoms with Gasteiger partial charge in [-0.25, -0.2) is 4.79 Å². The van der Waals surface area contributed by atoms with Crippen LogP contribution in [0.3, 0.4) is 0 Å². The Hall–Kier alpha value is -2.11. The maximum atomic E-state index is 11.4. The van der Waals surface area contributed by atoms with Gasteiger partial charge in [0.15, 0.2) is 0 Å². The highest BCUT2D eigenvalue weighted by Crippen LogP contribution is 2.62. The third-order valence-electron chi connectivity index (χ3n) is 7.29. The fourth-order valence-corrected chi connectivity index (χ4v) is 5.94. The molecule has 1 N–H and O–H groups in total. The average Bonchev–Trinajstić information content (AvgIpc) is 2.63. The first-order chi connectivity index (χ1) is 14.0. The van der Waals surface area contributed by atoms with Crippen molar-refractivity contribution in [2.45, 2.75) is 72.6 Å². The zero-order valence-electron chi connectivity index (χ0n) is 18.8. The molecule has 0 unspecified atom stereocenters. The zero-order valence-corrected chi connectivity index (χ0v) is 18.8. The summed E-state index contributed by atoms with van der Waals surface area (Å²) in [6.45, 7) is 12.1. The molecule has 4 atom stereocenters. The van der Waals surface area contributed by atoms with Gasteiger partial charge in [0.2, 0.25) is 0 Å². The van der Waals surface area contributed by atoms with Gasteiger partial charge in [-0.2, -0.15) is 0 Å². The van der Waals surface area contributed by atoms with Crippen LogP contribution in [0.4, 0.5) is 0 Å². The molecule has 0 aromatic rings. The number of rotatable bonds is 8. The Morgan fingerprint density at radius 3 is 2.43 bits per heavy atom. The summed E-state index contributed by atoms with van der Waals surface area (Å²) in [5, 5.41) is 9.17. The van der Waals surface area contributed by atoms with Crippen LogP contribution in [0.2, 0.25) is 0 Å². The minimum Gasteiger partial charge on any atom is -0.478 e. The number of carboxylic acid groups (broad SMARTS) is 1. The van der Waals surface area contributed by atoms with Crippen molar-refractivity contribution in [1.82, 2.24) is 0 Å². The average molecular weight is 421 g/mol. The van der Waals surface area contributed by atoms with Crippen LogP contribution in [0.25, 0.3) is 0 Å². The number of hydrogen-bond acceptors (Lipinski definition) is 5. The van der Waals surface area contributed by atoms with Crippen LogP contribution in [0.1, 0.15) is 72.6 Å². The lowest BCUT2D eigenvalue weighted by Crippen LogP contribution is -2.52. The van der Waals surface area contributed by atoms with E-state index in [-0.39, 0.29) is 29.3 Å². The molecule has 0 heterocycles. The van der Waals surface area contributed by atoms with Crippen LogP contribution in [0.15, 0.2) is 23.8 Å². The molecular formula is C24H36O6. The van der Waals surface area contributed by atoms with Gasteiger partial charge >= 0.3 is 17.9 Å². The first kappa shape index (κ1) is 24.2. The molecule has 2 saturated carbocycles. The quantitative estimate of drug-likeness (QED) is 0.348. The molecule has 0 aromatic heterocycles. The molecule has 0 spiro atoms. The number of hydrogen-bond donors (Lipinski definition) is 1. The minimum atomic E-state index is -1.03. The van der Waals surface area contributed by atoms with Gasteiger partial charge in [-0.1, -0.05) is 32.4 Å². The maximum absolute atomic E-state index is 11.4. The smallest absolute Gasteiger partial charge is 0.328 e. The molecule has 6 nitrogen and oxygen atoms in total. The van der Waals surface area contributed by atoms with Crippen molar-refractivity contribution >= 4 is 17.9 Å². The van der Waals surface area contributed by atoms with Crippen molar-refractivity contribution < 1.29 is 29.0 Å². The first-order valence-electron chi connectivity index (χ1n) is 10.8. The van der Waals surface area contributed by atoms with Crippen LogP contribution in [-0.4, -0.2) is 36.2 Å². The number of carbonyl (C=O) groups excluding carboxylic acids is 2. The fourth-order valence-electron chi connectivity index (χ4n) is 5.94. The minimum absolute atomic E-state index is 0.00510. The third-order valence-corrected chi connectivity index (χ3v) is 7.29. The van der Waals surface area contributed by atoms with Crippen molar-refractivity contribution in [2.24, 2.45) is 22.7 Å². The van der Waals surface area contributed by atoms with Gasteiger partial charge in [0.25, 0.3) is 0 Å². The van der Waals surface area contributed by atoms with Crippen molar-refractivity contribution in [3.8, 4) is 0 Å². The molecule has 168 valence electrons. The maximum Gasteiger partial charge on any atom is 0.328 e. The van der Waals surface area contributed by atoms with Gasteiger partial charge in [-0.3, -0.25) is 9.59 Å². The number of fused-ring (bicyclic) bond motifs is 1. The molecule has 0 aliphatic heterocycles. The van der Waals surface area contributed by atoms with Crippen molar-refractivity contribution in [3.05, 3.63) is 23.8 Å². The Bertz CT molecular complexity index is 723. The monoisotopic (exact) mass is 420 g/mol. The molecule has 2 rings (SSSR count). The number of carboxylic acids is 1. The van der Waals surface area contributed by atoms with E-state index >= 15 is 0 Å². The molecule has 0 amide bonds. The molecule has 2 aliphatic rings. The van der Waals surface area contributed by atoms with Crippen LogP contribution in [0, 0.1) is 22.7 Å². The fraction of sp³-hybridized carbons (Fsp3) is 0.708. The van der Waals surface area contributed by atoms with Crippen LogP contribution >= 0.6 is 0 Å². The molecule has 6 heteroatoms. The molecule has 0 radical (unpaired) electrons. The molecule has 0 bridgehead atoms. The van der Waals surface area contributed by atoms with E-state index in [2.05, 4.69) is 20.4 Å². The molecular weight excluding hydrogens is 384 g/mol. The highest BCUT2D eigenvalue weighted by Gasteiger charge is 2.54. The molecule has 30 heavy (non-hydrogen) atoms. The highest BCUT2D eigenvalue weighted by molar-refractivity contribution is 5.80. The Balaban J connectivity index is 2.20. The van der Waals surface area contributed by atoms with Gasteiger partial charge < -0.3 is 14.6 Å². The van der Waals surface area contributed by atoms with E-state index in [0.29, 0.717) is 24.5 Å². The van der Waals surface area contributed by atoms with E-state index in [0.717, 1.165) is 44.6 Å². The second-order valence-electron chi connectivity index (χ2n) is 9.56. The Kier molecular flexibility index (Phi) is 7.89. The number of allylic oxidation sites excluding steroid dienone is 1. The van der Waals surface area contributed by atoms with E-state index in [4.69, 9.17) is 9.47 Å². The Labute approximate surface area is 179 Å². The number of aliphatic carboxylic acids is 1. The SMILES string of the molecule is C=C1CC[C@@H]2[C@](C)(COC(C)=O)CCC[C@@]2(C)[C@@H]1CC/C(=C\C(=O)O)COC(C)=O. The summed E-state index contributed by atoms with van der Waals surface area (Å²) in [5.74, 6) is -1.03. The van der Waals surface area contributed by atoms with E-state index in [1.807, 2.05) is 0 Å². The van der Waals surface area contributed by atoms with E-state index in [9.17, 15) is 19.5 Å². The molecule has 2 fully saturated rings. The lowest BCUT2D eigenvalue weighted by Gasteiger charge is -2.58. The Morgan fingerprint density at radius 2 is 1.83 bits per heavy atom. The van der Waals surface area contributed by atoms with Crippen LogP contribution in [-0.2, 0) is 23.9 Å². The summed E-state index contributed by atoms with van der Waals surface area (Å²) in [4.78, 5) is 33.8. The van der Waals surface area contributed by atoms with E-state index in [1.54, 1.807) is 0 Å². The second-order valence-corrected chi connectivity index (χ2v) is 9.56. The lowest BCUT2D eigenvalue weighted by atomic mass is 9.47. The number of esters is 2. The molecule has 0 aromatic carbocycles. The summed E-state index contributed by atoms with van der Waals surface area (Å²) < 4.78 is 10.5. The molecule has 2 aliphatic carbocycles. The van der Waals surface area contributed by atoms with Crippen LogP contribution in [0.5, 0.6) is 0 Å². The highest BCUT2D eigenvalue weighted by atomic mass is 16.5. The van der Waals surface area contributed by atoms with Crippen molar-refractivity contribution in [2.75, 3.05) is 13.2 Å².